The Morgan fingerprint density at radius 2 is 1.79 bits per heavy atom. The van der Waals surface area contributed by atoms with Crippen molar-refractivity contribution in [2.45, 2.75) is 13.0 Å². The van der Waals surface area contributed by atoms with Gasteiger partial charge in [0.15, 0.2) is 0 Å². The highest BCUT2D eigenvalue weighted by Crippen LogP contribution is 2.23. The third kappa shape index (κ3) is 4.63. The van der Waals surface area contributed by atoms with Crippen molar-refractivity contribution in [1.29, 1.82) is 0 Å². The van der Waals surface area contributed by atoms with Gasteiger partial charge in [-0.1, -0.05) is 0 Å². The molecule has 0 aliphatic carbocycles. The predicted molar refractivity (Wildman–Crippen MR) is 100.0 cm³/mol. The van der Waals surface area contributed by atoms with Crippen LogP contribution in [-0.2, 0) is 25.6 Å². The Labute approximate surface area is 166 Å². The molecular formula is C20H20N2O7. The Kier molecular flexibility index (Phi) is 5.96. The number of carbonyl (C=O) groups is 4. The molecule has 2 heterocycles. The molecule has 2 amide bonds. The van der Waals surface area contributed by atoms with Gasteiger partial charge in [-0.15, -0.1) is 0 Å². The Bertz CT molecular complexity index is 902. The Hall–Kier alpha value is -3.62. The van der Waals surface area contributed by atoms with Gasteiger partial charge in [-0.25, -0.2) is 9.59 Å². The molecule has 1 fully saturated rings. The van der Waals surface area contributed by atoms with E-state index in [1.54, 1.807) is 17.0 Å². The maximum absolute atomic E-state index is 12.7. The van der Waals surface area contributed by atoms with Gasteiger partial charge in [-0.05, 0) is 30.3 Å². The number of furan rings is 1. The number of hydrogen-bond donors (Lipinski definition) is 1. The summed E-state index contributed by atoms with van der Waals surface area (Å²) in [7, 11) is 2.42. The summed E-state index contributed by atoms with van der Waals surface area (Å²) in [6, 6.07) is 7.60. The molecule has 2 aromatic rings. The molecule has 1 N–H and O–H groups in total. The highest BCUT2D eigenvalue weighted by Gasteiger charge is 2.34. The summed E-state index contributed by atoms with van der Waals surface area (Å²) >= 11 is 0. The first-order chi connectivity index (χ1) is 13.9. The van der Waals surface area contributed by atoms with Crippen LogP contribution in [0.5, 0.6) is 0 Å². The van der Waals surface area contributed by atoms with Gasteiger partial charge in [0.25, 0.3) is 0 Å². The molecule has 1 aromatic heterocycles. The number of rotatable bonds is 6. The lowest BCUT2D eigenvalue weighted by molar-refractivity contribution is -0.128. The predicted octanol–water partition coefficient (Wildman–Crippen LogP) is 1.84. The van der Waals surface area contributed by atoms with Crippen LogP contribution in [0.25, 0.3) is 0 Å². The number of nitrogens with zero attached hydrogens (tertiary/aromatic N) is 1. The van der Waals surface area contributed by atoms with Crippen LogP contribution in [0.2, 0.25) is 0 Å². The SMILES string of the molecule is COC(=O)c1cc(NC(=O)[C@H]2CC(=O)N(Cc3ccco3)C2)cc(C(=O)OC)c1. The van der Waals surface area contributed by atoms with Crippen LogP contribution in [0, 0.1) is 5.92 Å². The van der Waals surface area contributed by atoms with Gasteiger partial charge in [0, 0.05) is 18.7 Å². The van der Waals surface area contributed by atoms with Crippen LogP contribution in [0.1, 0.15) is 32.9 Å². The number of carbonyl (C=O) groups excluding carboxylic acids is 4. The van der Waals surface area contributed by atoms with Crippen molar-refractivity contribution >= 4 is 29.4 Å². The quantitative estimate of drug-likeness (QED) is 0.736. The maximum Gasteiger partial charge on any atom is 0.337 e. The zero-order valence-corrected chi connectivity index (χ0v) is 16.0. The summed E-state index contributed by atoms with van der Waals surface area (Å²) in [6.07, 6.45) is 1.58. The number of likely N-dealkylation sites (tertiary alicyclic amines) is 1. The summed E-state index contributed by atoms with van der Waals surface area (Å²) in [5.74, 6) is -1.80. The number of hydrogen-bond acceptors (Lipinski definition) is 7. The van der Waals surface area contributed by atoms with Gasteiger partial charge in [-0.2, -0.15) is 0 Å². The van der Waals surface area contributed by atoms with Gasteiger partial charge in [0.2, 0.25) is 11.8 Å². The Morgan fingerprint density at radius 1 is 1.14 bits per heavy atom. The maximum atomic E-state index is 12.7. The zero-order chi connectivity index (χ0) is 21.0. The second kappa shape index (κ2) is 8.59. The third-order valence-corrected chi connectivity index (χ3v) is 4.55. The fraction of sp³-hybridized carbons (Fsp3) is 0.300. The van der Waals surface area contributed by atoms with Crippen molar-refractivity contribution in [2.24, 2.45) is 5.92 Å². The normalized spacial score (nSPS) is 15.9. The molecule has 9 heteroatoms. The third-order valence-electron chi connectivity index (χ3n) is 4.55. The summed E-state index contributed by atoms with van der Waals surface area (Å²) in [5.41, 5.74) is 0.413. The minimum Gasteiger partial charge on any atom is -0.467 e. The molecule has 152 valence electrons. The van der Waals surface area contributed by atoms with Gasteiger partial charge in [-0.3, -0.25) is 9.59 Å². The van der Waals surface area contributed by atoms with Crippen molar-refractivity contribution in [1.82, 2.24) is 4.90 Å². The molecule has 0 radical (unpaired) electrons. The largest absolute Gasteiger partial charge is 0.467 e. The molecule has 1 aromatic carbocycles. The van der Waals surface area contributed by atoms with E-state index in [0.29, 0.717) is 12.3 Å². The standard InChI is InChI=1S/C20H20N2O7/c1-27-19(25)12-6-13(20(26)28-2)8-15(7-12)21-18(24)14-9-17(23)22(10-14)11-16-4-3-5-29-16/h3-8,14H,9-11H2,1-2H3,(H,21,24)/t14-/m0/s1. The first-order valence-electron chi connectivity index (χ1n) is 8.84. The van der Waals surface area contributed by atoms with Gasteiger partial charge in [0.05, 0.1) is 44.1 Å². The fourth-order valence-electron chi connectivity index (χ4n) is 3.11. The second-order valence-electron chi connectivity index (χ2n) is 6.53. The minimum absolute atomic E-state index is 0.0626. The van der Waals surface area contributed by atoms with Crippen LogP contribution in [0.4, 0.5) is 5.69 Å². The summed E-state index contributed by atoms with van der Waals surface area (Å²) in [5, 5.41) is 2.67. The first kappa shape index (κ1) is 20.1. The Balaban J connectivity index is 1.73. The van der Waals surface area contributed by atoms with Crippen molar-refractivity contribution in [3.8, 4) is 0 Å². The lowest BCUT2D eigenvalue weighted by Crippen LogP contribution is -2.28. The van der Waals surface area contributed by atoms with E-state index in [4.69, 9.17) is 4.42 Å². The van der Waals surface area contributed by atoms with E-state index in [1.807, 2.05) is 0 Å². The van der Waals surface area contributed by atoms with Crippen LogP contribution >= 0.6 is 0 Å². The molecule has 29 heavy (non-hydrogen) atoms. The van der Waals surface area contributed by atoms with Crippen LogP contribution in [0.15, 0.2) is 41.0 Å². The van der Waals surface area contributed by atoms with E-state index < -0.39 is 23.8 Å². The average Bonchev–Trinajstić information content (AvgIpc) is 3.36. The number of ether oxygens (including phenoxy) is 2. The topological polar surface area (TPSA) is 115 Å². The molecule has 0 saturated carbocycles. The second-order valence-corrected chi connectivity index (χ2v) is 6.53. The van der Waals surface area contributed by atoms with Crippen molar-refractivity contribution < 1.29 is 33.1 Å². The fourth-order valence-corrected chi connectivity index (χ4v) is 3.11. The van der Waals surface area contributed by atoms with Crippen LogP contribution in [0.3, 0.4) is 0 Å². The molecule has 1 saturated heterocycles. The average molecular weight is 400 g/mol. The number of benzene rings is 1. The van der Waals surface area contributed by atoms with Gasteiger partial charge in [0.1, 0.15) is 5.76 Å². The molecule has 0 bridgehead atoms. The number of nitrogens with one attached hydrogen (secondary N) is 1. The lowest BCUT2D eigenvalue weighted by Gasteiger charge is -2.15. The van der Waals surface area contributed by atoms with Gasteiger partial charge < -0.3 is 24.1 Å². The number of esters is 2. The smallest absolute Gasteiger partial charge is 0.337 e. The number of methoxy groups -OCH3 is 2. The van der Waals surface area contributed by atoms with Crippen molar-refractivity contribution in [3.05, 3.63) is 53.5 Å². The molecule has 3 rings (SSSR count). The molecular weight excluding hydrogens is 380 g/mol. The van der Waals surface area contributed by atoms with E-state index in [2.05, 4.69) is 14.8 Å². The van der Waals surface area contributed by atoms with E-state index in [-0.39, 0.29) is 35.7 Å². The van der Waals surface area contributed by atoms with Gasteiger partial charge >= 0.3 is 11.9 Å². The molecule has 1 aliphatic rings. The van der Waals surface area contributed by atoms with E-state index in [0.717, 1.165) is 0 Å². The summed E-state index contributed by atoms with van der Waals surface area (Å²) < 4.78 is 14.6. The number of anilines is 1. The molecule has 0 spiro atoms. The van der Waals surface area contributed by atoms with Crippen molar-refractivity contribution in [3.63, 3.8) is 0 Å². The zero-order valence-electron chi connectivity index (χ0n) is 16.0. The minimum atomic E-state index is -0.660. The monoisotopic (exact) mass is 400 g/mol. The molecule has 1 aliphatic heterocycles. The first-order valence-corrected chi connectivity index (χ1v) is 8.84. The Morgan fingerprint density at radius 3 is 2.34 bits per heavy atom. The highest BCUT2D eigenvalue weighted by atomic mass is 16.5. The molecule has 9 nitrogen and oxygen atoms in total. The van der Waals surface area contributed by atoms with Crippen LogP contribution in [-0.4, -0.2) is 49.4 Å². The highest BCUT2D eigenvalue weighted by molar-refractivity contribution is 6.01. The van der Waals surface area contributed by atoms with Crippen molar-refractivity contribution in [2.75, 3.05) is 26.1 Å². The lowest BCUT2D eigenvalue weighted by atomic mass is 10.1. The number of amides is 2. The van der Waals surface area contributed by atoms with E-state index >= 15 is 0 Å². The molecule has 1 atom stereocenters. The van der Waals surface area contributed by atoms with Crippen LogP contribution < -0.4 is 5.32 Å². The van der Waals surface area contributed by atoms with E-state index in [1.165, 1.54) is 38.7 Å². The summed E-state index contributed by atoms with van der Waals surface area (Å²) in [4.78, 5) is 50.1. The molecule has 0 unspecified atom stereocenters. The van der Waals surface area contributed by atoms with E-state index in [9.17, 15) is 19.2 Å². The summed E-state index contributed by atoms with van der Waals surface area (Å²) in [6.45, 7) is 0.534.